The standard InChI is InChI=1S/C27H31NO2/c1-21(22-10-9-15-26(20-22)30-2)28-18-16-25(17-19-28)27(29,23-11-5-3-6-12-23)24-13-7-4-8-14-24/h3-15,20-21,25,29H,16-19H2,1-2H3. The van der Waals surface area contributed by atoms with Crippen molar-refractivity contribution in [2.24, 2.45) is 5.92 Å². The highest BCUT2D eigenvalue weighted by molar-refractivity contribution is 5.37. The Morgan fingerprint density at radius 3 is 1.97 bits per heavy atom. The first kappa shape index (κ1) is 20.6. The lowest BCUT2D eigenvalue weighted by Gasteiger charge is -2.44. The van der Waals surface area contributed by atoms with Crippen molar-refractivity contribution >= 4 is 0 Å². The first-order valence-corrected chi connectivity index (χ1v) is 10.8. The number of likely N-dealkylation sites (tertiary alicyclic amines) is 1. The number of rotatable bonds is 6. The third-order valence-electron chi connectivity index (χ3n) is 6.67. The summed E-state index contributed by atoms with van der Waals surface area (Å²) in [5.74, 6) is 1.08. The summed E-state index contributed by atoms with van der Waals surface area (Å²) in [5.41, 5.74) is 2.27. The van der Waals surface area contributed by atoms with Crippen LogP contribution in [0.4, 0.5) is 0 Å². The lowest BCUT2D eigenvalue weighted by atomic mass is 9.72. The summed E-state index contributed by atoms with van der Waals surface area (Å²) >= 11 is 0. The minimum atomic E-state index is -0.964. The fraction of sp³-hybridized carbons (Fsp3) is 0.333. The van der Waals surface area contributed by atoms with Crippen LogP contribution in [0.25, 0.3) is 0 Å². The van der Waals surface area contributed by atoms with Crippen molar-refractivity contribution in [1.29, 1.82) is 0 Å². The molecule has 0 aromatic heterocycles. The Hall–Kier alpha value is -2.62. The molecule has 0 saturated carbocycles. The average Bonchev–Trinajstić information content (AvgIpc) is 2.84. The molecule has 4 rings (SSSR count). The Morgan fingerprint density at radius 2 is 1.43 bits per heavy atom. The summed E-state index contributed by atoms with van der Waals surface area (Å²) < 4.78 is 5.40. The summed E-state index contributed by atoms with van der Waals surface area (Å²) in [7, 11) is 1.71. The number of aliphatic hydroxyl groups is 1. The smallest absolute Gasteiger partial charge is 0.119 e. The van der Waals surface area contributed by atoms with Crippen molar-refractivity contribution in [1.82, 2.24) is 4.90 Å². The van der Waals surface area contributed by atoms with Crippen molar-refractivity contribution in [3.63, 3.8) is 0 Å². The van der Waals surface area contributed by atoms with Crippen LogP contribution in [-0.4, -0.2) is 30.2 Å². The van der Waals surface area contributed by atoms with Gasteiger partial charge in [0.25, 0.3) is 0 Å². The fourth-order valence-electron chi connectivity index (χ4n) is 4.84. The topological polar surface area (TPSA) is 32.7 Å². The SMILES string of the molecule is COc1cccc(C(C)N2CCC(C(O)(c3ccccc3)c3ccccc3)CC2)c1. The van der Waals surface area contributed by atoms with Crippen LogP contribution >= 0.6 is 0 Å². The minimum Gasteiger partial charge on any atom is -0.497 e. The normalized spacial score (nSPS) is 16.9. The second-order valence-corrected chi connectivity index (χ2v) is 8.26. The van der Waals surface area contributed by atoms with Gasteiger partial charge in [-0.2, -0.15) is 0 Å². The van der Waals surface area contributed by atoms with Gasteiger partial charge in [-0.15, -0.1) is 0 Å². The van der Waals surface area contributed by atoms with E-state index in [9.17, 15) is 5.11 Å². The van der Waals surface area contributed by atoms with Crippen molar-refractivity contribution in [2.45, 2.75) is 31.4 Å². The first-order chi connectivity index (χ1) is 14.6. The van der Waals surface area contributed by atoms with E-state index in [4.69, 9.17) is 4.74 Å². The van der Waals surface area contributed by atoms with E-state index in [1.165, 1.54) is 5.56 Å². The van der Waals surface area contributed by atoms with E-state index in [0.29, 0.717) is 6.04 Å². The molecular weight excluding hydrogens is 370 g/mol. The van der Waals surface area contributed by atoms with Crippen LogP contribution in [0.3, 0.4) is 0 Å². The molecular formula is C27H31NO2. The third kappa shape index (κ3) is 4.00. The Labute approximate surface area is 179 Å². The molecule has 0 spiro atoms. The zero-order valence-corrected chi connectivity index (χ0v) is 17.9. The van der Waals surface area contributed by atoms with Crippen LogP contribution in [0.5, 0.6) is 5.75 Å². The summed E-state index contributed by atoms with van der Waals surface area (Å²) in [5, 5.41) is 12.1. The molecule has 1 heterocycles. The first-order valence-electron chi connectivity index (χ1n) is 10.8. The van der Waals surface area contributed by atoms with Gasteiger partial charge in [0, 0.05) is 6.04 Å². The number of benzene rings is 3. The molecule has 3 nitrogen and oxygen atoms in total. The van der Waals surface area contributed by atoms with Crippen LogP contribution in [-0.2, 0) is 5.60 Å². The highest BCUT2D eigenvalue weighted by Crippen LogP contribution is 2.43. The number of hydrogen-bond donors (Lipinski definition) is 1. The second kappa shape index (κ2) is 9.03. The maximum absolute atomic E-state index is 12.1. The van der Waals surface area contributed by atoms with Crippen LogP contribution in [0.15, 0.2) is 84.9 Å². The molecule has 0 bridgehead atoms. The Bertz CT molecular complexity index is 894. The Morgan fingerprint density at radius 1 is 0.867 bits per heavy atom. The zero-order chi connectivity index (χ0) is 21.0. The highest BCUT2D eigenvalue weighted by atomic mass is 16.5. The number of hydrogen-bond acceptors (Lipinski definition) is 3. The molecule has 0 aliphatic carbocycles. The fourth-order valence-corrected chi connectivity index (χ4v) is 4.84. The molecule has 1 atom stereocenters. The van der Waals surface area contributed by atoms with E-state index < -0.39 is 5.60 Å². The molecule has 1 aliphatic heterocycles. The quantitative estimate of drug-likeness (QED) is 0.600. The van der Waals surface area contributed by atoms with Gasteiger partial charge in [-0.25, -0.2) is 0 Å². The van der Waals surface area contributed by atoms with Crippen LogP contribution < -0.4 is 4.74 Å². The lowest BCUT2D eigenvalue weighted by Crippen LogP contribution is -2.44. The van der Waals surface area contributed by atoms with E-state index in [1.807, 2.05) is 42.5 Å². The highest BCUT2D eigenvalue weighted by Gasteiger charge is 2.42. The van der Waals surface area contributed by atoms with Gasteiger partial charge in [-0.3, -0.25) is 4.90 Å². The molecule has 3 heteroatoms. The molecule has 1 N–H and O–H groups in total. The van der Waals surface area contributed by atoms with Gasteiger partial charge in [0.1, 0.15) is 11.4 Å². The number of methoxy groups -OCH3 is 1. The van der Waals surface area contributed by atoms with Gasteiger partial charge in [0.15, 0.2) is 0 Å². The third-order valence-corrected chi connectivity index (χ3v) is 6.67. The molecule has 30 heavy (non-hydrogen) atoms. The van der Waals surface area contributed by atoms with Gasteiger partial charge in [-0.05, 0) is 67.6 Å². The predicted octanol–water partition coefficient (Wildman–Crippen LogP) is 5.40. The molecule has 1 aliphatic rings. The summed E-state index contributed by atoms with van der Waals surface area (Å²) in [6, 6.07) is 29.0. The van der Waals surface area contributed by atoms with Crippen LogP contribution in [0, 0.1) is 5.92 Å². The molecule has 3 aromatic carbocycles. The van der Waals surface area contributed by atoms with E-state index in [-0.39, 0.29) is 5.92 Å². The van der Waals surface area contributed by atoms with Gasteiger partial charge in [0.2, 0.25) is 0 Å². The summed E-state index contributed by atoms with van der Waals surface area (Å²) in [4.78, 5) is 2.52. The number of piperidine rings is 1. The lowest BCUT2D eigenvalue weighted by molar-refractivity contribution is -0.0195. The van der Waals surface area contributed by atoms with Crippen molar-refractivity contribution in [3.05, 3.63) is 102 Å². The van der Waals surface area contributed by atoms with Crippen molar-refractivity contribution in [2.75, 3.05) is 20.2 Å². The molecule has 1 fully saturated rings. The Kier molecular flexibility index (Phi) is 6.21. The minimum absolute atomic E-state index is 0.177. The van der Waals surface area contributed by atoms with E-state index in [2.05, 4.69) is 54.3 Å². The molecule has 1 saturated heterocycles. The zero-order valence-electron chi connectivity index (χ0n) is 17.9. The van der Waals surface area contributed by atoms with Gasteiger partial charge >= 0.3 is 0 Å². The van der Waals surface area contributed by atoms with Gasteiger partial charge < -0.3 is 9.84 Å². The maximum atomic E-state index is 12.1. The van der Waals surface area contributed by atoms with E-state index in [1.54, 1.807) is 7.11 Å². The average molecular weight is 402 g/mol. The molecule has 3 aromatic rings. The van der Waals surface area contributed by atoms with Crippen LogP contribution in [0.2, 0.25) is 0 Å². The van der Waals surface area contributed by atoms with Gasteiger partial charge in [0.05, 0.1) is 7.11 Å². The second-order valence-electron chi connectivity index (χ2n) is 8.26. The van der Waals surface area contributed by atoms with E-state index in [0.717, 1.165) is 42.8 Å². The summed E-state index contributed by atoms with van der Waals surface area (Å²) in [6.07, 6.45) is 1.91. The Balaban J connectivity index is 1.55. The predicted molar refractivity (Wildman–Crippen MR) is 122 cm³/mol. The van der Waals surface area contributed by atoms with Gasteiger partial charge in [-0.1, -0.05) is 72.8 Å². The molecule has 156 valence electrons. The summed E-state index contributed by atoms with van der Waals surface area (Å²) in [6.45, 7) is 4.19. The number of nitrogens with zero attached hydrogens (tertiary/aromatic N) is 1. The molecule has 1 unspecified atom stereocenters. The number of ether oxygens (including phenoxy) is 1. The largest absolute Gasteiger partial charge is 0.497 e. The molecule has 0 amide bonds. The molecule has 0 radical (unpaired) electrons. The monoisotopic (exact) mass is 401 g/mol. The van der Waals surface area contributed by atoms with Crippen molar-refractivity contribution < 1.29 is 9.84 Å². The maximum Gasteiger partial charge on any atom is 0.119 e. The van der Waals surface area contributed by atoms with E-state index >= 15 is 0 Å². The van der Waals surface area contributed by atoms with Crippen molar-refractivity contribution in [3.8, 4) is 5.75 Å². The van der Waals surface area contributed by atoms with Crippen LogP contribution in [0.1, 0.15) is 42.5 Å².